The summed E-state index contributed by atoms with van der Waals surface area (Å²) in [6.07, 6.45) is 2.06. The lowest BCUT2D eigenvalue weighted by atomic mass is 10.0. The highest BCUT2D eigenvalue weighted by atomic mass is 16.7. The van der Waals surface area contributed by atoms with Gasteiger partial charge in [-0.3, -0.25) is 0 Å². The summed E-state index contributed by atoms with van der Waals surface area (Å²) in [5.41, 5.74) is -0.429. The lowest BCUT2D eigenvalue weighted by Gasteiger charge is -2.26. The van der Waals surface area contributed by atoms with Crippen LogP contribution in [0.5, 0.6) is 0 Å². The van der Waals surface area contributed by atoms with E-state index in [1.165, 1.54) is 0 Å². The van der Waals surface area contributed by atoms with Gasteiger partial charge in [-0.05, 0) is 32.6 Å². The Kier molecular flexibility index (Phi) is 6.46. The second kappa shape index (κ2) is 6.77. The van der Waals surface area contributed by atoms with Crippen molar-refractivity contribution in [2.24, 2.45) is 5.92 Å². The Hall–Kier alpha value is -0.730. The Bertz CT molecular complexity index is 209. The van der Waals surface area contributed by atoms with Crippen molar-refractivity contribution in [3.63, 3.8) is 0 Å². The Morgan fingerprint density at radius 1 is 1.25 bits per heavy atom. The van der Waals surface area contributed by atoms with E-state index in [-0.39, 0.29) is 6.10 Å². The zero-order chi connectivity index (χ0) is 12.8. The average molecular weight is 230 g/mol. The summed E-state index contributed by atoms with van der Waals surface area (Å²) in [7, 11) is 0. The van der Waals surface area contributed by atoms with Gasteiger partial charge < -0.3 is 9.47 Å². The maximum Gasteiger partial charge on any atom is 0.509 e. The van der Waals surface area contributed by atoms with E-state index < -0.39 is 11.8 Å². The van der Waals surface area contributed by atoms with Gasteiger partial charge in [0.2, 0.25) is 0 Å². The SMILES string of the molecule is CCCC(C)(C)OC(=O)OC(CC)C(C)C. The molecule has 0 N–H and O–H groups in total. The van der Waals surface area contributed by atoms with Crippen molar-refractivity contribution in [3.8, 4) is 0 Å². The first kappa shape index (κ1) is 15.3. The molecule has 3 heteroatoms. The van der Waals surface area contributed by atoms with Gasteiger partial charge in [0.1, 0.15) is 11.7 Å². The molecule has 0 saturated carbocycles. The molecule has 0 rings (SSSR count). The number of rotatable bonds is 6. The molecule has 16 heavy (non-hydrogen) atoms. The summed E-state index contributed by atoms with van der Waals surface area (Å²) >= 11 is 0. The Morgan fingerprint density at radius 2 is 1.81 bits per heavy atom. The van der Waals surface area contributed by atoms with Crippen molar-refractivity contribution < 1.29 is 14.3 Å². The van der Waals surface area contributed by atoms with Gasteiger partial charge in [0.15, 0.2) is 0 Å². The fourth-order valence-corrected chi connectivity index (χ4v) is 1.72. The summed E-state index contributed by atoms with van der Waals surface area (Å²) in [5.74, 6) is 0.326. The summed E-state index contributed by atoms with van der Waals surface area (Å²) < 4.78 is 10.6. The molecule has 0 fully saturated rings. The molecule has 0 aliphatic heterocycles. The van der Waals surface area contributed by atoms with Crippen molar-refractivity contribution in [3.05, 3.63) is 0 Å². The minimum absolute atomic E-state index is 0.0510. The smallest absolute Gasteiger partial charge is 0.431 e. The first-order valence-electron chi connectivity index (χ1n) is 6.22. The van der Waals surface area contributed by atoms with Gasteiger partial charge in [0, 0.05) is 0 Å². The van der Waals surface area contributed by atoms with Crippen molar-refractivity contribution in [1.29, 1.82) is 0 Å². The van der Waals surface area contributed by atoms with Crippen LogP contribution in [0.1, 0.15) is 60.8 Å². The van der Waals surface area contributed by atoms with Gasteiger partial charge in [-0.2, -0.15) is 0 Å². The van der Waals surface area contributed by atoms with Gasteiger partial charge in [0.25, 0.3) is 0 Å². The van der Waals surface area contributed by atoms with E-state index in [9.17, 15) is 4.79 Å². The van der Waals surface area contributed by atoms with Crippen LogP contribution in [0.3, 0.4) is 0 Å². The molecular formula is C13H26O3. The highest BCUT2D eigenvalue weighted by Crippen LogP contribution is 2.19. The monoisotopic (exact) mass is 230 g/mol. The molecule has 0 aromatic carbocycles. The second-order valence-corrected chi connectivity index (χ2v) is 5.17. The molecule has 0 spiro atoms. The molecule has 0 aliphatic rings. The molecule has 0 bridgehead atoms. The maximum absolute atomic E-state index is 11.6. The fourth-order valence-electron chi connectivity index (χ4n) is 1.72. The lowest BCUT2D eigenvalue weighted by Crippen LogP contribution is -2.31. The number of hydrogen-bond donors (Lipinski definition) is 0. The molecule has 3 nitrogen and oxygen atoms in total. The van der Waals surface area contributed by atoms with Gasteiger partial charge in [-0.1, -0.05) is 34.1 Å². The Balaban J connectivity index is 4.16. The van der Waals surface area contributed by atoms with Crippen LogP contribution < -0.4 is 0 Å². The molecule has 0 heterocycles. The molecule has 1 atom stereocenters. The zero-order valence-corrected chi connectivity index (χ0v) is 11.5. The summed E-state index contributed by atoms with van der Waals surface area (Å²) in [6.45, 7) is 12.0. The Morgan fingerprint density at radius 3 is 2.19 bits per heavy atom. The van der Waals surface area contributed by atoms with Crippen molar-refractivity contribution in [2.75, 3.05) is 0 Å². The summed E-state index contributed by atoms with van der Waals surface area (Å²) in [5, 5.41) is 0. The first-order valence-corrected chi connectivity index (χ1v) is 6.22. The van der Waals surface area contributed by atoms with E-state index in [2.05, 4.69) is 6.92 Å². The largest absolute Gasteiger partial charge is 0.509 e. The third kappa shape index (κ3) is 5.99. The minimum Gasteiger partial charge on any atom is -0.431 e. The summed E-state index contributed by atoms with van der Waals surface area (Å²) in [6, 6.07) is 0. The number of carbonyl (C=O) groups is 1. The molecule has 0 aromatic heterocycles. The topological polar surface area (TPSA) is 35.5 Å². The number of ether oxygens (including phenoxy) is 2. The van der Waals surface area contributed by atoms with Crippen LogP contribution in [-0.2, 0) is 9.47 Å². The van der Waals surface area contributed by atoms with Crippen LogP contribution >= 0.6 is 0 Å². The number of carbonyl (C=O) groups excluding carboxylic acids is 1. The molecule has 0 radical (unpaired) electrons. The van der Waals surface area contributed by atoms with E-state index in [4.69, 9.17) is 9.47 Å². The fraction of sp³-hybridized carbons (Fsp3) is 0.923. The minimum atomic E-state index is -0.543. The van der Waals surface area contributed by atoms with Crippen molar-refractivity contribution in [1.82, 2.24) is 0 Å². The van der Waals surface area contributed by atoms with Crippen molar-refractivity contribution in [2.45, 2.75) is 72.5 Å². The van der Waals surface area contributed by atoms with Crippen LogP contribution in [0.4, 0.5) is 4.79 Å². The van der Waals surface area contributed by atoms with E-state index >= 15 is 0 Å². The van der Waals surface area contributed by atoms with Gasteiger partial charge in [0.05, 0.1) is 0 Å². The average Bonchev–Trinajstić information content (AvgIpc) is 2.12. The second-order valence-electron chi connectivity index (χ2n) is 5.17. The van der Waals surface area contributed by atoms with Crippen molar-refractivity contribution >= 4 is 6.16 Å². The quantitative estimate of drug-likeness (QED) is 0.643. The van der Waals surface area contributed by atoms with Gasteiger partial charge >= 0.3 is 6.16 Å². The molecule has 0 saturated heterocycles. The van der Waals surface area contributed by atoms with E-state index in [1.54, 1.807) is 0 Å². The third-order valence-electron chi connectivity index (χ3n) is 2.61. The van der Waals surface area contributed by atoms with Crippen LogP contribution in [0.2, 0.25) is 0 Å². The zero-order valence-electron chi connectivity index (χ0n) is 11.5. The highest BCUT2D eigenvalue weighted by molar-refractivity contribution is 5.60. The van der Waals surface area contributed by atoms with E-state index in [0.717, 1.165) is 19.3 Å². The van der Waals surface area contributed by atoms with Gasteiger partial charge in [-0.15, -0.1) is 0 Å². The maximum atomic E-state index is 11.6. The normalized spacial score (nSPS) is 13.7. The predicted octanol–water partition coefficient (Wildman–Crippen LogP) is 4.15. The van der Waals surface area contributed by atoms with Crippen LogP contribution in [0.25, 0.3) is 0 Å². The van der Waals surface area contributed by atoms with Gasteiger partial charge in [-0.25, -0.2) is 4.79 Å². The van der Waals surface area contributed by atoms with Crippen LogP contribution in [0.15, 0.2) is 0 Å². The van der Waals surface area contributed by atoms with E-state index in [0.29, 0.717) is 5.92 Å². The van der Waals surface area contributed by atoms with Crippen LogP contribution in [0, 0.1) is 5.92 Å². The number of hydrogen-bond acceptors (Lipinski definition) is 3. The molecule has 0 aliphatic carbocycles. The van der Waals surface area contributed by atoms with E-state index in [1.807, 2.05) is 34.6 Å². The lowest BCUT2D eigenvalue weighted by molar-refractivity contribution is -0.0466. The molecular weight excluding hydrogens is 204 g/mol. The highest BCUT2D eigenvalue weighted by Gasteiger charge is 2.25. The van der Waals surface area contributed by atoms with Crippen LogP contribution in [-0.4, -0.2) is 17.9 Å². The Labute approximate surface area is 99.5 Å². The predicted molar refractivity (Wildman–Crippen MR) is 65.5 cm³/mol. The molecule has 96 valence electrons. The summed E-state index contributed by atoms with van der Waals surface area (Å²) in [4.78, 5) is 11.6. The third-order valence-corrected chi connectivity index (χ3v) is 2.61. The molecule has 0 aromatic rings. The molecule has 1 unspecified atom stereocenters. The first-order chi connectivity index (χ1) is 7.32. The standard InChI is InChI=1S/C13H26O3/c1-7-9-13(5,6)16-12(14)15-11(8-2)10(3)4/h10-11H,7-9H2,1-6H3. The molecule has 0 amide bonds.